The summed E-state index contributed by atoms with van der Waals surface area (Å²) in [7, 11) is 0. The van der Waals surface area contributed by atoms with Gasteiger partial charge >= 0.3 is 0 Å². The van der Waals surface area contributed by atoms with Gasteiger partial charge in [-0.1, -0.05) is 23.7 Å². The summed E-state index contributed by atoms with van der Waals surface area (Å²) >= 11 is 5.82. The zero-order valence-electron chi connectivity index (χ0n) is 11.0. The molecule has 0 saturated heterocycles. The lowest BCUT2D eigenvalue weighted by Gasteiger charge is -2.01. The molecule has 1 N–H and O–H groups in total. The molecule has 0 radical (unpaired) electrons. The molecule has 0 bridgehead atoms. The van der Waals surface area contributed by atoms with Gasteiger partial charge in [-0.3, -0.25) is 14.9 Å². The van der Waals surface area contributed by atoms with E-state index in [0.717, 1.165) is 0 Å². The lowest BCUT2D eigenvalue weighted by molar-refractivity contribution is -0.384. The Morgan fingerprint density at radius 3 is 2.55 bits per heavy atom. The van der Waals surface area contributed by atoms with Crippen molar-refractivity contribution in [1.82, 2.24) is 0 Å². The van der Waals surface area contributed by atoms with Crippen LogP contribution in [-0.2, 0) is 4.79 Å². The van der Waals surface area contributed by atoms with Gasteiger partial charge in [0.05, 0.1) is 10.6 Å². The van der Waals surface area contributed by atoms with E-state index in [-0.39, 0.29) is 22.1 Å². The molecule has 2 aromatic rings. The fourth-order valence-electron chi connectivity index (χ4n) is 2.21. The highest BCUT2D eigenvalue weighted by molar-refractivity contribution is 6.37. The molecule has 0 spiro atoms. The van der Waals surface area contributed by atoms with Crippen LogP contribution in [0.15, 0.2) is 36.4 Å². The third kappa shape index (κ3) is 2.44. The predicted octanol–water partition coefficient (Wildman–Crippen LogP) is 3.88. The Balaban J connectivity index is 2.12. The van der Waals surface area contributed by atoms with E-state index in [1.807, 2.05) is 0 Å². The second-order valence-electron chi connectivity index (χ2n) is 4.67. The van der Waals surface area contributed by atoms with Crippen LogP contribution >= 0.6 is 11.6 Å². The van der Waals surface area contributed by atoms with E-state index < -0.39 is 10.8 Å². The molecule has 0 atom stereocenters. The number of fused-ring (bicyclic) bond motifs is 1. The van der Waals surface area contributed by atoms with Crippen molar-refractivity contribution < 1.29 is 14.1 Å². The molecule has 0 aliphatic carbocycles. The number of nitro benzene ring substituents is 1. The van der Waals surface area contributed by atoms with Crippen molar-refractivity contribution in [3.63, 3.8) is 0 Å². The van der Waals surface area contributed by atoms with E-state index in [2.05, 4.69) is 5.32 Å². The van der Waals surface area contributed by atoms with Crippen LogP contribution < -0.4 is 5.32 Å². The average molecular weight is 319 g/mol. The quantitative estimate of drug-likeness (QED) is 0.519. The van der Waals surface area contributed by atoms with Gasteiger partial charge in [0, 0.05) is 17.2 Å². The number of hydrogen-bond acceptors (Lipinski definition) is 3. The highest BCUT2D eigenvalue weighted by atomic mass is 35.5. The maximum Gasteiger partial charge on any atom is 0.288 e. The number of benzene rings is 2. The van der Waals surface area contributed by atoms with Gasteiger partial charge in [0.2, 0.25) is 0 Å². The van der Waals surface area contributed by atoms with Gasteiger partial charge in [-0.05, 0) is 29.8 Å². The lowest BCUT2D eigenvalue weighted by atomic mass is 10.0. The van der Waals surface area contributed by atoms with Crippen LogP contribution in [-0.4, -0.2) is 10.8 Å². The van der Waals surface area contributed by atoms with Crippen LogP contribution in [0.1, 0.15) is 11.1 Å². The molecule has 1 aliphatic rings. The predicted molar refractivity (Wildman–Crippen MR) is 81.0 cm³/mol. The molecule has 0 saturated carbocycles. The number of nitrogens with zero attached hydrogens (tertiary/aromatic N) is 1. The Kier molecular flexibility index (Phi) is 3.38. The molecule has 1 heterocycles. The van der Waals surface area contributed by atoms with Crippen LogP contribution in [0.4, 0.5) is 15.8 Å². The Bertz CT molecular complexity index is 831. The number of nitro groups is 1. The second kappa shape index (κ2) is 5.23. The molecular weight excluding hydrogens is 311 g/mol. The van der Waals surface area contributed by atoms with E-state index in [4.69, 9.17) is 11.6 Å². The third-order valence-corrected chi connectivity index (χ3v) is 3.55. The van der Waals surface area contributed by atoms with Crippen molar-refractivity contribution in [2.45, 2.75) is 0 Å². The topological polar surface area (TPSA) is 72.2 Å². The van der Waals surface area contributed by atoms with Gasteiger partial charge in [-0.2, -0.15) is 0 Å². The molecule has 0 fully saturated rings. The molecule has 0 aromatic heterocycles. The maximum atomic E-state index is 12.9. The summed E-state index contributed by atoms with van der Waals surface area (Å²) in [5.74, 6) is -0.781. The number of halogens is 2. The van der Waals surface area contributed by atoms with E-state index in [1.54, 1.807) is 0 Å². The first-order valence-corrected chi connectivity index (χ1v) is 6.60. The largest absolute Gasteiger partial charge is 0.321 e. The molecule has 1 aliphatic heterocycles. The molecule has 5 nitrogen and oxygen atoms in total. The minimum atomic E-state index is -0.610. The Morgan fingerprint density at radius 2 is 1.91 bits per heavy atom. The van der Waals surface area contributed by atoms with E-state index in [9.17, 15) is 19.3 Å². The molecule has 22 heavy (non-hydrogen) atoms. The highest BCUT2D eigenvalue weighted by Crippen LogP contribution is 2.39. The zero-order chi connectivity index (χ0) is 15.9. The average Bonchev–Trinajstić information content (AvgIpc) is 2.75. The van der Waals surface area contributed by atoms with E-state index >= 15 is 0 Å². The van der Waals surface area contributed by atoms with Gasteiger partial charge in [-0.25, -0.2) is 4.39 Å². The summed E-state index contributed by atoms with van der Waals surface area (Å²) in [4.78, 5) is 22.4. The Labute approximate surface area is 129 Å². The van der Waals surface area contributed by atoms with Gasteiger partial charge in [0.1, 0.15) is 10.8 Å². The van der Waals surface area contributed by atoms with Crippen LogP contribution in [0, 0.1) is 15.9 Å². The maximum absolute atomic E-state index is 12.9. The summed E-state index contributed by atoms with van der Waals surface area (Å²) in [5.41, 5.74) is 1.40. The smallest absolute Gasteiger partial charge is 0.288 e. The number of nitrogens with one attached hydrogen (secondary N) is 1. The molecule has 1 amide bonds. The van der Waals surface area contributed by atoms with Crippen molar-refractivity contribution in [2.75, 3.05) is 5.32 Å². The second-order valence-corrected chi connectivity index (χ2v) is 5.08. The van der Waals surface area contributed by atoms with Crippen LogP contribution in [0.3, 0.4) is 0 Å². The number of carbonyl (C=O) groups is 1. The monoisotopic (exact) mass is 318 g/mol. The number of anilines is 1. The van der Waals surface area contributed by atoms with Crippen LogP contribution in [0.25, 0.3) is 11.6 Å². The number of rotatable bonds is 2. The van der Waals surface area contributed by atoms with E-state index in [1.165, 1.54) is 42.5 Å². The van der Waals surface area contributed by atoms with Gasteiger partial charge in [-0.15, -0.1) is 0 Å². The van der Waals surface area contributed by atoms with E-state index in [0.29, 0.717) is 16.8 Å². The molecule has 7 heteroatoms. The molecular formula is C15H8ClFN2O3. The van der Waals surface area contributed by atoms with Crippen LogP contribution in [0.5, 0.6) is 0 Å². The molecule has 2 aromatic carbocycles. The first-order chi connectivity index (χ1) is 10.5. The van der Waals surface area contributed by atoms with Gasteiger partial charge in [0.25, 0.3) is 11.6 Å². The fraction of sp³-hybridized carbons (Fsp3) is 0. The fourth-order valence-corrected chi connectivity index (χ4v) is 2.44. The van der Waals surface area contributed by atoms with Crippen molar-refractivity contribution in [1.29, 1.82) is 0 Å². The number of amides is 1. The minimum Gasteiger partial charge on any atom is -0.321 e. The SMILES string of the molecule is O=C1Nc2cc(Cl)c([N+](=O)[O-])cc2/C1=C/c1ccc(F)cc1. The lowest BCUT2D eigenvalue weighted by Crippen LogP contribution is -2.03. The summed E-state index contributed by atoms with van der Waals surface area (Å²) in [6.45, 7) is 0. The van der Waals surface area contributed by atoms with Crippen molar-refractivity contribution in [2.24, 2.45) is 0 Å². The molecule has 0 unspecified atom stereocenters. The minimum absolute atomic E-state index is 0.0490. The third-order valence-electron chi connectivity index (χ3n) is 3.25. The summed E-state index contributed by atoms with van der Waals surface area (Å²) in [6.07, 6.45) is 1.54. The highest BCUT2D eigenvalue weighted by Gasteiger charge is 2.28. The molecule has 110 valence electrons. The summed E-state index contributed by atoms with van der Waals surface area (Å²) in [5, 5.41) is 13.5. The van der Waals surface area contributed by atoms with Crippen molar-refractivity contribution in [3.8, 4) is 0 Å². The van der Waals surface area contributed by atoms with Crippen molar-refractivity contribution >= 4 is 40.5 Å². The Morgan fingerprint density at radius 1 is 1.23 bits per heavy atom. The van der Waals surface area contributed by atoms with Crippen molar-refractivity contribution in [3.05, 3.63) is 68.5 Å². The number of carbonyl (C=O) groups excluding carboxylic acids is 1. The first kappa shape index (κ1) is 14.2. The number of hydrogen-bond donors (Lipinski definition) is 1. The first-order valence-electron chi connectivity index (χ1n) is 6.22. The Hall–Kier alpha value is -2.73. The zero-order valence-corrected chi connectivity index (χ0v) is 11.7. The van der Waals surface area contributed by atoms with Gasteiger partial charge < -0.3 is 5.32 Å². The van der Waals surface area contributed by atoms with Gasteiger partial charge in [0.15, 0.2) is 0 Å². The van der Waals surface area contributed by atoms with Crippen LogP contribution in [0.2, 0.25) is 5.02 Å². The summed E-state index contributed by atoms with van der Waals surface area (Å²) < 4.78 is 12.9. The molecule has 3 rings (SSSR count). The standard InChI is InChI=1S/C15H8ClFN2O3/c16-12-7-13-10(6-14(12)19(21)22)11(15(20)18-13)5-8-1-3-9(17)4-2-8/h1-7H,(H,18,20)/b11-5-. The summed E-state index contributed by atoms with van der Waals surface area (Å²) in [6, 6.07) is 8.16. The normalized spacial score (nSPS) is 14.8.